The summed E-state index contributed by atoms with van der Waals surface area (Å²) >= 11 is 0. The molecule has 6 heteroatoms. The van der Waals surface area contributed by atoms with Crippen LogP contribution in [0.5, 0.6) is 5.75 Å². The van der Waals surface area contributed by atoms with E-state index in [0.717, 1.165) is 18.6 Å². The van der Waals surface area contributed by atoms with Crippen molar-refractivity contribution in [1.82, 2.24) is 4.83 Å². The summed E-state index contributed by atoms with van der Waals surface area (Å²) in [5.41, 5.74) is 0.945. The number of nitrogens with one attached hydrogen (secondary N) is 1. The highest BCUT2D eigenvalue weighted by atomic mass is 32.2. The summed E-state index contributed by atoms with van der Waals surface area (Å²) in [6.45, 7) is 6.63. The smallest absolute Gasteiger partial charge is 0.276 e. The molecule has 0 bridgehead atoms. The van der Waals surface area contributed by atoms with Crippen molar-refractivity contribution in [3.05, 3.63) is 24.3 Å². The van der Waals surface area contributed by atoms with E-state index in [2.05, 4.69) is 23.8 Å². The lowest BCUT2D eigenvalue weighted by Gasteiger charge is -2.26. The first-order chi connectivity index (χ1) is 10.4. The lowest BCUT2D eigenvalue weighted by atomic mass is 9.81. The molecule has 1 aromatic rings. The van der Waals surface area contributed by atoms with Gasteiger partial charge >= 0.3 is 0 Å². The summed E-state index contributed by atoms with van der Waals surface area (Å²) in [4.78, 5) is 2.57. The zero-order valence-electron chi connectivity index (χ0n) is 13.4. The first-order valence-corrected chi connectivity index (χ1v) is 9.24. The third-order valence-electron chi connectivity index (χ3n) is 4.02. The van der Waals surface area contributed by atoms with E-state index in [4.69, 9.17) is 4.74 Å². The second kappa shape index (κ2) is 7.13. The molecule has 0 unspecified atom stereocenters. The molecule has 0 radical (unpaired) electrons. The molecule has 2 rings (SSSR count). The van der Waals surface area contributed by atoms with Crippen LogP contribution in [0, 0.1) is 11.8 Å². The lowest BCUT2D eigenvalue weighted by Crippen LogP contribution is -2.29. The van der Waals surface area contributed by atoms with Crippen LogP contribution in [0.3, 0.4) is 0 Å². The Morgan fingerprint density at radius 3 is 2.32 bits per heavy atom. The van der Waals surface area contributed by atoms with Crippen molar-refractivity contribution in [1.29, 1.82) is 0 Å². The maximum absolute atomic E-state index is 12.3. The summed E-state index contributed by atoms with van der Waals surface area (Å²) in [5.74, 6) is 1.31. The minimum absolute atomic E-state index is 0.191. The van der Waals surface area contributed by atoms with Crippen LogP contribution in [0.4, 0.5) is 0 Å². The standard InChI is InChI=1S/C16H24N2O3S/c1-4-21-14-8-10-15(11-9-14)22(19,20)18-17-16-12(2)6-5-7-13(16)3/h8-13,18H,4-7H2,1-3H3/t12-,13-/m0/s1. The van der Waals surface area contributed by atoms with Gasteiger partial charge in [-0.2, -0.15) is 13.5 Å². The van der Waals surface area contributed by atoms with Gasteiger partial charge in [-0.3, -0.25) is 0 Å². The molecule has 0 heterocycles. The van der Waals surface area contributed by atoms with Crippen LogP contribution in [-0.2, 0) is 10.0 Å². The van der Waals surface area contributed by atoms with Crippen LogP contribution in [0.1, 0.15) is 40.0 Å². The second-order valence-electron chi connectivity index (χ2n) is 5.77. The summed E-state index contributed by atoms with van der Waals surface area (Å²) < 4.78 is 29.9. The number of ether oxygens (including phenoxy) is 1. The number of sulfonamides is 1. The molecule has 1 aromatic carbocycles. The Balaban J connectivity index is 2.13. The number of rotatable bonds is 5. The summed E-state index contributed by atoms with van der Waals surface area (Å²) in [6.07, 6.45) is 3.30. The molecule has 1 N–H and O–H groups in total. The molecular weight excluding hydrogens is 300 g/mol. The SMILES string of the molecule is CCOc1ccc(S(=O)(=O)NN=C2[C@@H](C)CCC[C@@H]2C)cc1. The molecule has 1 aliphatic carbocycles. The van der Waals surface area contributed by atoms with Crippen molar-refractivity contribution in [2.45, 2.75) is 44.9 Å². The van der Waals surface area contributed by atoms with Gasteiger partial charge in [-0.25, -0.2) is 4.83 Å². The molecule has 1 aliphatic rings. The average molecular weight is 324 g/mol. The highest BCUT2D eigenvalue weighted by molar-refractivity contribution is 7.89. The van der Waals surface area contributed by atoms with E-state index in [1.807, 2.05) is 6.92 Å². The first-order valence-electron chi connectivity index (χ1n) is 7.76. The van der Waals surface area contributed by atoms with Crippen LogP contribution in [0.15, 0.2) is 34.3 Å². The number of hydrogen-bond donors (Lipinski definition) is 1. The summed E-state index contributed by atoms with van der Waals surface area (Å²) in [7, 11) is -3.63. The molecule has 0 aromatic heterocycles. The highest BCUT2D eigenvalue weighted by Crippen LogP contribution is 2.26. The molecule has 0 saturated heterocycles. The Morgan fingerprint density at radius 1 is 1.18 bits per heavy atom. The Hall–Kier alpha value is -1.56. The van der Waals surface area contributed by atoms with Crippen molar-refractivity contribution in [2.75, 3.05) is 6.61 Å². The fourth-order valence-corrected chi connectivity index (χ4v) is 3.60. The number of benzene rings is 1. The highest BCUT2D eigenvalue weighted by Gasteiger charge is 2.24. The molecule has 22 heavy (non-hydrogen) atoms. The minimum Gasteiger partial charge on any atom is -0.494 e. The average Bonchev–Trinajstić information content (AvgIpc) is 2.47. The second-order valence-corrected chi connectivity index (χ2v) is 7.43. The molecule has 1 fully saturated rings. The zero-order chi connectivity index (χ0) is 16.2. The van der Waals surface area contributed by atoms with Gasteiger partial charge in [0.1, 0.15) is 5.75 Å². The van der Waals surface area contributed by atoms with Gasteiger partial charge < -0.3 is 4.74 Å². The molecule has 5 nitrogen and oxygen atoms in total. The van der Waals surface area contributed by atoms with Crippen molar-refractivity contribution in [3.8, 4) is 5.75 Å². The summed E-state index contributed by atoms with van der Waals surface area (Å²) in [5, 5.41) is 4.20. The van der Waals surface area contributed by atoms with Crippen LogP contribution in [0.25, 0.3) is 0 Å². The van der Waals surface area contributed by atoms with Gasteiger partial charge in [-0.05, 0) is 55.9 Å². The van der Waals surface area contributed by atoms with Gasteiger partial charge in [0.15, 0.2) is 0 Å². The molecule has 0 spiro atoms. The predicted molar refractivity (Wildman–Crippen MR) is 87.5 cm³/mol. The fraction of sp³-hybridized carbons (Fsp3) is 0.562. The van der Waals surface area contributed by atoms with Gasteiger partial charge in [0.2, 0.25) is 0 Å². The molecule has 0 amide bonds. The van der Waals surface area contributed by atoms with Crippen LogP contribution in [-0.4, -0.2) is 20.7 Å². The first kappa shape index (κ1) is 16.8. The van der Waals surface area contributed by atoms with Crippen LogP contribution in [0.2, 0.25) is 0 Å². The van der Waals surface area contributed by atoms with Gasteiger partial charge in [0, 0.05) is 5.71 Å². The van der Waals surface area contributed by atoms with E-state index in [-0.39, 0.29) is 4.90 Å². The van der Waals surface area contributed by atoms with E-state index in [0.29, 0.717) is 24.2 Å². The van der Waals surface area contributed by atoms with Gasteiger partial charge in [0.05, 0.1) is 11.5 Å². The van der Waals surface area contributed by atoms with Gasteiger partial charge in [0.25, 0.3) is 10.0 Å². The molecule has 122 valence electrons. The molecule has 2 atom stereocenters. The quantitative estimate of drug-likeness (QED) is 0.846. The van der Waals surface area contributed by atoms with Crippen molar-refractivity contribution < 1.29 is 13.2 Å². The van der Waals surface area contributed by atoms with Crippen LogP contribution >= 0.6 is 0 Å². The topological polar surface area (TPSA) is 67.8 Å². The lowest BCUT2D eigenvalue weighted by molar-refractivity contribution is 0.340. The van der Waals surface area contributed by atoms with E-state index in [9.17, 15) is 8.42 Å². The van der Waals surface area contributed by atoms with E-state index < -0.39 is 10.0 Å². The zero-order valence-corrected chi connectivity index (χ0v) is 14.2. The normalized spacial score (nSPS) is 22.2. The van der Waals surface area contributed by atoms with Crippen molar-refractivity contribution in [3.63, 3.8) is 0 Å². The monoisotopic (exact) mass is 324 g/mol. The van der Waals surface area contributed by atoms with Crippen molar-refractivity contribution in [2.24, 2.45) is 16.9 Å². The third-order valence-corrected chi connectivity index (χ3v) is 5.25. The van der Waals surface area contributed by atoms with Crippen LogP contribution < -0.4 is 9.57 Å². The van der Waals surface area contributed by atoms with Gasteiger partial charge in [-0.15, -0.1) is 0 Å². The van der Waals surface area contributed by atoms with Gasteiger partial charge in [-0.1, -0.05) is 20.3 Å². The van der Waals surface area contributed by atoms with Crippen molar-refractivity contribution >= 4 is 15.7 Å². The number of nitrogens with zero attached hydrogens (tertiary/aromatic N) is 1. The fourth-order valence-electron chi connectivity index (χ4n) is 2.78. The molecular formula is C16H24N2O3S. The number of hydrazone groups is 1. The maximum atomic E-state index is 12.3. The van der Waals surface area contributed by atoms with E-state index >= 15 is 0 Å². The minimum atomic E-state index is -3.63. The maximum Gasteiger partial charge on any atom is 0.276 e. The predicted octanol–water partition coefficient (Wildman–Crippen LogP) is 3.18. The molecule has 0 aliphatic heterocycles. The third kappa shape index (κ3) is 4.00. The number of hydrogen-bond acceptors (Lipinski definition) is 4. The Kier molecular flexibility index (Phi) is 5.45. The Morgan fingerprint density at radius 2 is 1.77 bits per heavy atom. The largest absolute Gasteiger partial charge is 0.494 e. The Bertz CT molecular complexity index is 611. The molecule has 1 saturated carbocycles. The summed E-state index contributed by atoms with van der Waals surface area (Å²) in [6, 6.07) is 6.36. The van der Waals surface area contributed by atoms with E-state index in [1.165, 1.54) is 18.6 Å². The Labute approximate surface area is 132 Å². The van der Waals surface area contributed by atoms with E-state index in [1.54, 1.807) is 12.1 Å².